The Bertz CT molecular complexity index is 1550. The van der Waals surface area contributed by atoms with Crippen molar-refractivity contribution in [2.75, 3.05) is 7.05 Å². The van der Waals surface area contributed by atoms with E-state index in [4.69, 9.17) is 4.74 Å². The molecule has 0 amide bonds. The average Bonchev–Trinajstić information content (AvgIpc) is 3.22. The minimum absolute atomic E-state index is 0.000232. The van der Waals surface area contributed by atoms with E-state index in [1.165, 1.54) is 22.6 Å². The van der Waals surface area contributed by atoms with Gasteiger partial charge in [0.2, 0.25) is 16.7 Å². The fourth-order valence-electron chi connectivity index (χ4n) is 4.99. The summed E-state index contributed by atoms with van der Waals surface area (Å²) in [5.74, 6) is -0.276. The Hall–Kier alpha value is -3.80. The fourth-order valence-corrected chi connectivity index (χ4v) is 4.99. The van der Waals surface area contributed by atoms with E-state index >= 15 is 0 Å². The average molecular weight is 456 g/mol. The zero-order valence-electron chi connectivity index (χ0n) is 19.8. The van der Waals surface area contributed by atoms with Crippen LogP contribution in [0.1, 0.15) is 42.0 Å². The molecule has 0 saturated carbocycles. The number of carbonyl (C=O) groups is 2. The summed E-state index contributed by atoms with van der Waals surface area (Å²) < 4.78 is 5.66. The summed E-state index contributed by atoms with van der Waals surface area (Å²) in [7, 11) is 1.56. The second kappa shape index (κ2) is 7.62. The number of fused-ring (bicyclic) bond motifs is 2. The molecule has 34 heavy (non-hydrogen) atoms. The lowest BCUT2D eigenvalue weighted by Gasteiger charge is -2.20. The van der Waals surface area contributed by atoms with Crippen molar-refractivity contribution >= 4 is 23.5 Å². The maximum Gasteiger partial charge on any atom is 0.206 e. The van der Waals surface area contributed by atoms with Gasteiger partial charge in [-0.2, -0.15) is 0 Å². The molecule has 172 valence electrons. The summed E-state index contributed by atoms with van der Waals surface area (Å²) in [6.07, 6.45) is 3.00. The number of nitrogens with zero attached hydrogens (tertiary/aromatic N) is 1. The molecule has 3 aliphatic carbocycles. The van der Waals surface area contributed by atoms with Crippen LogP contribution in [0.2, 0.25) is 0 Å². The van der Waals surface area contributed by atoms with E-state index in [0.717, 1.165) is 27.8 Å². The Morgan fingerprint density at radius 2 is 1.62 bits per heavy atom. The van der Waals surface area contributed by atoms with E-state index in [-0.39, 0.29) is 27.9 Å². The molecule has 4 aliphatic rings. The molecular weight excluding hydrogens is 430 g/mol. The summed E-state index contributed by atoms with van der Waals surface area (Å²) >= 11 is 0. The van der Waals surface area contributed by atoms with Crippen LogP contribution in [0.15, 0.2) is 46.0 Å². The first-order chi connectivity index (χ1) is 16.1. The van der Waals surface area contributed by atoms with Crippen molar-refractivity contribution in [3.05, 3.63) is 89.6 Å². The molecule has 6 heteroatoms. The van der Waals surface area contributed by atoms with Gasteiger partial charge in [-0.15, -0.1) is 0 Å². The molecule has 6 nitrogen and oxygen atoms in total. The smallest absolute Gasteiger partial charge is 0.206 e. The number of carbonyl (C=O) groups excluding carboxylic acids is 2. The zero-order chi connectivity index (χ0) is 24.5. The molecule has 1 heterocycles. The van der Waals surface area contributed by atoms with E-state index in [9.17, 15) is 19.2 Å². The Morgan fingerprint density at radius 3 is 2.26 bits per heavy atom. The van der Waals surface area contributed by atoms with Crippen molar-refractivity contribution in [1.82, 2.24) is 4.90 Å². The number of aryl methyl sites for hydroxylation is 2. The van der Waals surface area contributed by atoms with E-state index in [1.54, 1.807) is 13.1 Å². The SMILES string of the molecule is Cc1cc(C=c2c(=O)c(=C3OC4C(=O)C=CC(=O)C4N3C)c2=O)c2c(C)ccc(C(C)C)cc1-2. The number of ketones is 2. The van der Waals surface area contributed by atoms with E-state index in [0.29, 0.717) is 5.92 Å². The molecular formula is C28H25NO5. The molecule has 0 N–H and O–H groups in total. The van der Waals surface area contributed by atoms with Gasteiger partial charge >= 0.3 is 0 Å². The van der Waals surface area contributed by atoms with Gasteiger partial charge in [0.1, 0.15) is 11.3 Å². The van der Waals surface area contributed by atoms with Gasteiger partial charge in [0, 0.05) is 7.05 Å². The summed E-state index contributed by atoms with van der Waals surface area (Å²) in [6.45, 7) is 8.34. The topological polar surface area (TPSA) is 80.8 Å². The maximum absolute atomic E-state index is 13.1. The highest BCUT2D eigenvalue weighted by Gasteiger charge is 2.47. The molecule has 5 rings (SSSR count). The molecule has 2 unspecified atom stereocenters. The largest absolute Gasteiger partial charge is 0.464 e. The van der Waals surface area contributed by atoms with Gasteiger partial charge in [-0.25, -0.2) is 0 Å². The third-order valence-corrected chi connectivity index (χ3v) is 6.96. The van der Waals surface area contributed by atoms with Crippen LogP contribution in [0.25, 0.3) is 23.1 Å². The Balaban J connectivity index is 1.65. The van der Waals surface area contributed by atoms with Gasteiger partial charge in [-0.3, -0.25) is 19.2 Å². The second-order valence-corrected chi connectivity index (χ2v) is 9.52. The monoisotopic (exact) mass is 455 g/mol. The molecule has 0 aromatic heterocycles. The molecule has 0 radical (unpaired) electrons. The first-order valence-corrected chi connectivity index (χ1v) is 11.3. The highest BCUT2D eigenvalue weighted by Crippen LogP contribution is 2.36. The highest BCUT2D eigenvalue weighted by molar-refractivity contribution is 6.11. The van der Waals surface area contributed by atoms with Crippen LogP contribution in [0.4, 0.5) is 0 Å². The van der Waals surface area contributed by atoms with Crippen LogP contribution < -0.4 is 21.3 Å². The third kappa shape index (κ3) is 3.09. The van der Waals surface area contributed by atoms with Crippen molar-refractivity contribution < 1.29 is 14.3 Å². The Labute approximate surface area is 196 Å². The standard InChI is InChI=1S/C28H25NO5/c1-13(2)16-7-6-14(3)22-17(10-15(4)18(22)11-16)12-19-25(32)23(26(19)33)28-29(5)24-20(30)8-9-21(31)27(24)34-28/h6-13,24,27H,1-5H3. The first kappa shape index (κ1) is 22.0. The van der Waals surface area contributed by atoms with Gasteiger partial charge in [0.05, 0.1) is 5.22 Å². The maximum atomic E-state index is 13.1. The molecule has 1 aliphatic heterocycles. The van der Waals surface area contributed by atoms with Gasteiger partial charge < -0.3 is 9.64 Å². The third-order valence-electron chi connectivity index (χ3n) is 6.96. The number of hydrogen-bond acceptors (Lipinski definition) is 6. The second-order valence-electron chi connectivity index (χ2n) is 9.52. The molecule has 1 fully saturated rings. The van der Waals surface area contributed by atoms with E-state index in [1.807, 2.05) is 19.9 Å². The van der Waals surface area contributed by atoms with Crippen molar-refractivity contribution in [3.8, 4) is 11.1 Å². The lowest BCUT2D eigenvalue weighted by atomic mass is 9.96. The minimum Gasteiger partial charge on any atom is -0.464 e. The molecule has 0 spiro atoms. The van der Waals surface area contributed by atoms with Crippen molar-refractivity contribution in [1.29, 1.82) is 0 Å². The van der Waals surface area contributed by atoms with E-state index < -0.39 is 23.0 Å². The Morgan fingerprint density at radius 1 is 0.941 bits per heavy atom. The number of hydrogen-bond donors (Lipinski definition) is 0. The van der Waals surface area contributed by atoms with Gasteiger partial charge in [-0.05, 0) is 71.4 Å². The molecule has 1 aromatic rings. The molecule has 2 atom stereocenters. The first-order valence-electron chi connectivity index (χ1n) is 11.3. The van der Waals surface area contributed by atoms with Crippen molar-refractivity contribution in [2.45, 2.75) is 45.8 Å². The molecule has 1 saturated heterocycles. The summed E-state index contributed by atoms with van der Waals surface area (Å²) in [6, 6.07) is 7.50. The normalized spacial score (nSPS) is 19.9. The highest BCUT2D eigenvalue weighted by atomic mass is 16.5. The minimum atomic E-state index is -1.03. The van der Waals surface area contributed by atoms with Gasteiger partial charge in [-0.1, -0.05) is 38.1 Å². The van der Waals surface area contributed by atoms with E-state index in [2.05, 4.69) is 32.0 Å². The molecule has 1 aromatic carbocycles. The lowest BCUT2D eigenvalue weighted by molar-refractivity contribution is -0.129. The van der Waals surface area contributed by atoms with Gasteiger partial charge in [0.25, 0.3) is 0 Å². The number of likely N-dealkylation sites (N-methyl/N-ethyl adjacent to an activating group) is 1. The van der Waals surface area contributed by atoms with Gasteiger partial charge in [0.15, 0.2) is 17.7 Å². The summed E-state index contributed by atoms with van der Waals surface area (Å²) in [4.78, 5) is 52.0. The van der Waals surface area contributed by atoms with Crippen LogP contribution >= 0.6 is 0 Å². The fraction of sp³-hybridized carbons (Fsp3) is 0.286. The molecule has 0 bridgehead atoms. The lowest BCUT2D eigenvalue weighted by Crippen LogP contribution is -2.66. The predicted octanol–water partition coefficient (Wildman–Crippen LogP) is 1.43. The zero-order valence-corrected chi connectivity index (χ0v) is 19.8. The summed E-state index contributed by atoms with van der Waals surface area (Å²) in [5.41, 5.74) is 5.41. The number of ether oxygens (including phenoxy) is 1. The predicted molar refractivity (Wildman–Crippen MR) is 130 cm³/mol. The van der Waals surface area contributed by atoms with Crippen LogP contribution in [-0.2, 0) is 14.3 Å². The Kier molecular flexibility index (Phi) is 4.93. The van der Waals surface area contributed by atoms with Crippen molar-refractivity contribution in [2.24, 2.45) is 0 Å². The quantitative estimate of drug-likeness (QED) is 0.582. The summed E-state index contributed by atoms with van der Waals surface area (Å²) in [5, 5.41) is -0.0345. The van der Waals surface area contributed by atoms with Crippen LogP contribution in [-0.4, -0.2) is 35.7 Å². The van der Waals surface area contributed by atoms with Crippen molar-refractivity contribution in [3.63, 3.8) is 0 Å². The van der Waals surface area contributed by atoms with Crippen LogP contribution in [0, 0.1) is 13.8 Å². The van der Waals surface area contributed by atoms with Crippen LogP contribution in [0.5, 0.6) is 0 Å². The number of rotatable bonds is 2. The van der Waals surface area contributed by atoms with Crippen LogP contribution in [0.3, 0.4) is 0 Å².